The van der Waals surface area contributed by atoms with Gasteiger partial charge in [-0.2, -0.15) is 0 Å². The van der Waals surface area contributed by atoms with Crippen molar-refractivity contribution >= 4 is 71.7 Å². The van der Waals surface area contributed by atoms with E-state index in [1.165, 1.54) is 27.5 Å². The Morgan fingerprint density at radius 1 is 0.327 bits per heavy atom. The zero-order valence-electron chi connectivity index (χ0n) is 29.8. The Balaban J connectivity index is 1.19. The molecule has 0 aliphatic carbocycles. The van der Waals surface area contributed by atoms with E-state index >= 15 is 0 Å². The number of rotatable bonds is 6. The van der Waals surface area contributed by atoms with Gasteiger partial charge in [-0.05, 0) is 87.6 Å². The van der Waals surface area contributed by atoms with Crippen molar-refractivity contribution in [2.24, 2.45) is 0 Å². The van der Waals surface area contributed by atoms with Gasteiger partial charge in [-0.25, -0.2) is 0 Å². The standard InChI is InChI=1S/C52H33NO2/c1-2-13-34(14-3-1)35-25-27-37(28-26-35)53(38-29-30-42-41-19-7-10-23-47(41)55-50(42)33-38)46-22-9-6-18-40(46)44-31-32-49-52(45-20-8-11-24-48(45)54-49)51(44)43-21-12-16-36-15-4-5-17-39(36)43/h1-33H. The van der Waals surface area contributed by atoms with Crippen LogP contribution >= 0.6 is 0 Å². The molecule has 0 saturated heterocycles. The van der Waals surface area contributed by atoms with Crippen LogP contribution in [0.2, 0.25) is 0 Å². The average molecular weight is 704 g/mol. The number of hydrogen-bond acceptors (Lipinski definition) is 3. The first-order valence-electron chi connectivity index (χ1n) is 18.7. The third kappa shape index (κ3) is 5.13. The molecule has 0 aliphatic heterocycles. The highest BCUT2D eigenvalue weighted by atomic mass is 16.3. The van der Waals surface area contributed by atoms with Crippen LogP contribution in [0.1, 0.15) is 0 Å². The molecule has 9 aromatic carbocycles. The maximum absolute atomic E-state index is 6.53. The van der Waals surface area contributed by atoms with Crippen LogP contribution in [-0.2, 0) is 0 Å². The van der Waals surface area contributed by atoms with Crippen molar-refractivity contribution in [2.75, 3.05) is 4.90 Å². The number of anilines is 3. The van der Waals surface area contributed by atoms with Crippen molar-refractivity contribution in [3.05, 3.63) is 200 Å². The van der Waals surface area contributed by atoms with Gasteiger partial charge in [0.1, 0.15) is 22.3 Å². The summed E-state index contributed by atoms with van der Waals surface area (Å²) in [7, 11) is 0. The second-order valence-corrected chi connectivity index (χ2v) is 14.0. The van der Waals surface area contributed by atoms with E-state index in [0.29, 0.717) is 0 Å². The van der Waals surface area contributed by atoms with Crippen LogP contribution in [-0.4, -0.2) is 0 Å². The van der Waals surface area contributed by atoms with Gasteiger partial charge < -0.3 is 13.7 Å². The Hall–Kier alpha value is -7.36. The van der Waals surface area contributed by atoms with Crippen LogP contribution in [0.3, 0.4) is 0 Å². The van der Waals surface area contributed by atoms with Crippen LogP contribution in [0.5, 0.6) is 0 Å². The minimum absolute atomic E-state index is 0.852. The highest BCUT2D eigenvalue weighted by Gasteiger charge is 2.24. The van der Waals surface area contributed by atoms with E-state index in [0.717, 1.165) is 77.6 Å². The van der Waals surface area contributed by atoms with Crippen LogP contribution in [0.25, 0.3) is 88.0 Å². The summed E-state index contributed by atoms with van der Waals surface area (Å²) < 4.78 is 13.0. The van der Waals surface area contributed by atoms with Gasteiger partial charge in [0.2, 0.25) is 0 Å². The predicted octanol–water partition coefficient (Wildman–Crippen LogP) is 15.1. The zero-order chi connectivity index (χ0) is 36.3. The molecular weight excluding hydrogens is 671 g/mol. The SMILES string of the molecule is c1ccc(-c2ccc(N(c3ccc4c(c3)oc3ccccc34)c3ccccc3-c3ccc4oc5ccccc5c4c3-c3cccc4ccccc34)cc2)cc1. The first kappa shape index (κ1) is 31.2. The minimum atomic E-state index is 0.852. The Morgan fingerprint density at radius 3 is 1.78 bits per heavy atom. The van der Waals surface area contributed by atoms with E-state index in [4.69, 9.17) is 8.83 Å². The molecule has 0 spiro atoms. The summed E-state index contributed by atoms with van der Waals surface area (Å²) in [5, 5.41) is 6.82. The van der Waals surface area contributed by atoms with Crippen molar-refractivity contribution in [3.8, 4) is 33.4 Å². The van der Waals surface area contributed by atoms with Crippen LogP contribution in [0.4, 0.5) is 17.1 Å². The Bertz CT molecular complexity index is 3200. The molecule has 0 unspecified atom stereocenters. The number of hydrogen-bond donors (Lipinski definition) is 0. The summed E-state index contributed by atoms with van der Waals surface area (Å²) in [6, 6.07) is 71.0. The van der Waals surface area contributed by atoms with Gasteiger partial charge in [0.05, 0.1) is 5.69 Å². The highest BCUT2D eigenvalue weighted by molar-refractivity contribution is 6.19. The molecule has 55 heavy (non-hydrogen) atoms. The normalized spacial score (nSPS) is 11.6. The topological polar surface area (TPSA) is 29.5 Å². The molecule has 0 N–H and O–H groups in total. The summed E-state index contributed by atoms with van der Waals surface area (Å²) in [5.74, 6) is 0. The van der Waals surface area contributed by atoms with Gasteiger partial charge >= 0.3 is 0 Å². The lowest BCUT2D eigenvalue weighted by Gasteiger charge is -2.28. The molecule has 2 aromatic heterocycles. The second kappa shape index (κ2) is 12.6. The highest BCUT2D eigenvalue weighted by Crippen LogP contribution is 2.49. The monoisotopic (exact) mass is 703 g/mol. The minimum Gasteiger partial charge on any atom is -0.456 e. The second-order valence-electron chi connectivity index (χ2n) is 14.0. The molecule has 3 nitrogen and oxygen atoms in total. The molecule has 0 fully saturated rings. The van der Waals surface area contributed by atoms with Gasteiger partial charge in [-0.3, -0.25) is 0 Å². The molecule has 0 radical (unpaired) electrons. The molecule has 0 saturated carbocycles. The van der Waals surface area contributed by atoms with E-state index in [-0.39, 0.29) is 0 Å². The number of para-hydroxylation sites is 3. The predicted molar refractivity (Wildman–Crippen MR) is 229 cm³/mol. The Kier molecular flexibility index (Phi) is 7.17. The number of nitrogens with zero attached hydrogens (tertiary/aromatic N) is 1. The van der Waals surface area contributed by atoms with Crippen LogP contribution < -0.4 is 4.90 Å². The van der Waals surface area contributed by atoms with Crippen LogP contribution in [0.15, 0.2) is 209 Å². The van der Waals surface area contributed by atoms with E-state index in [2.05, 4.69) is 187 Å². The van der Waals surface area contributed by atoms with Gasteiger partial charge in [-0.1, -0.05) is 140 Å². The third-order valence-electron chi connectivity index (χ3n) is 10.9. The van der Waals surface area contributed by atoms with Crippen molar-refractivity contribution in [1.29, 1.82) is 0 Å². The maximum atomic E-state index is 6.53. The van der Waals surface area contributed by atoms with Crippen molar-refractivity contribution in [3.63, 3.8) is 0 Å². The fraction of sp³-hybridized carbons (Fsp3) is 0. The summed E-state index contributed by atoms with van der Waals surface area (Å²) in [4.78, 5) is 2.36. The van der Waals surface area contributed by atoms with Gasteiger partial charge in [0.25, 0.3) is 0 Å². The summed E-state index contributed by atoms with van der Waals surface area (Å²) in [6.45, 7) is 0. The molecule has 258 valence electrons. The Morgan fingerprint density at radius 2 is 0.927 bits per heavy atom. The lowest BCUT2D eigenvalue weighted by molar-refractivity contribution is 0.668. The quantitative estimate of drug-likeness (QED) is 0.173. The van der Waals surface area contributed by atoms with E-state index in [1.54, 1.807) is 0 Å². The number of fused-ring (bicyclic) bond motifs is 7. The average Bonchev–Trinajstić information content (AvgIpc) is 3.82. The van der Waals surface area contributed by atoms with Crippen LogP contribution in [0, 0.1) is 0 Å². The largest absolute Gasteiger partial charge is 0.456 e. The van der Waals surface area contributed by atoms with E-state index in [9.17, 15) is 0 Å². The molecule has 11 aromatic rings. The first-order valence-corrected chi connectivity index (χ1v) is 18.7. The summed E-state index contributed by atoms with van der Waals surface area (Å²) in [5.41, 5.74) is 13.5. The lowest BCUT2D eigenvalue weighted by atomic mass is 9.87. The van der Waals surface area contributed by atoms with Gasteiger partial charge in [0, 0.05) is 50.1 Å². The number of furan rings is 2. The fourth-order valence-corrected chi connectivity index (χ4v) is 8.38. The molecule has 0 atom stereocenters. The molecule has 0 amide bonds. The fourth-order valence-electron chi connectivity index (χ4n) is 8.38. The summed E-state index contributed by atoms with van der Waals surface area (Å²) in [6.07, 6.45) is 0. The van der Waals surface area contributed by atoms with Crippen molar-refractivity contribution in [2.45, 2.75) is 0 Å². The Labute approximate surface area is 317 Å². The molecule has 11 rings (SSSR count). The van der Waals surface area contributed by atoms with Crippen molar-refractivity contribution in [1.82, 2.24) is 0 Å². The molecular formula is C52H33NO2. The molecule has 0 bridgehead atoms. The third-order valence-corrected chi connectivity index (χ3v) is 10.9. The summed E-state index contributed by atoms with van der Waals surface area (Å²) >= 11 is 0. The van der Waals surface area contributed by atoms with E-state index < -0.39 is 0 Å². The zero-order valence-corrected chi connectivity index (χ0v) is 29.8. The molecule has 0 aliphatic rings. The lowest BCUT2D eigenvalue weighted by Crippen LogP contribution is -2.11. The van der Waals surface area contributed by atoms with Gasteiger partial charge in [0.15, 0.2) is 0 Å². The number of benzene rings is 9. The van der Waals surface area contributed by atoms with Crippen molar-refractivity contribution < 1.29 is 8.83 Å². The van der Waals surface area contributed by atoms with E-state index in [1.807, 2.05) is 18.2 Å². The molecule has 2 heterocycles. The maximum Gasteiger partial charge on any atom is 0.137 e. The smallest absolute Gasteiger partial charge is 0.137 e. The molecule has 3 heteroatoms. The van der Waals surface area contributed by atoms with Gasteiger partial charge in [-0.15, -0.1) is 0 Å². The first-order chi connectivity index (χ1) is 27.3.